The number of hydrogen-bond donors (Lipinski definition) is 2. The summed E-state index contributed by atoms with van der Waals surface area (Å²) in [6.07, 6.45) is 0.903. The van der Waals surface area contributed by atoms with Crippen LogP contribution in [0.2, 0.25) is 0 Å². The fraction of sp³-hybridized carbons (Fsp3) is 0.889. The lowest BCUT2D eigenvalue weighted by molar-refractivity contribution is -0.127. The molecule has 148 valence electrons. The number of nitrogens with one attached hydrogen (secondary N) is 2. The molecule has 7 heteroatoms. The molecule has 1 amide bonds. The molecule has 0 aromatic carbocycles. The molecule has 0 saturated heterocycles. The van der Waals surface area contributed by atoms with Gasteiger partial charge < -0.3 is 20.3 Å². The Bertz CT molecular complexity index is 376. The number of nitrogens with zero attached hydrogens (tertiary/aromatic N) is 3. The van der Waals surface area contributed by atoms with Crippen LogP contribution >= 0.6 is 0 Å². The van der Waals surface area contributed by atoms with Gasteiger partial charge in [0.15, 0.2) is 5.96 Å². The van der Waals surface area contributed by atoms with Gasteiger partial charge in [0, 0.05) is 59.0 Å². The average molecular weight is 358 g/mol. The molecule has 0 aliphatic heterocycles. The van der Waals surface area contributed by atoms with Gasteiger partial charge in [0.05, 0.1) is 0 Å². The number of ether oxygens (including phenoxy) is 1. The van der Waals surface area contributed by atoms with E-state index in [1.807, 2.05) is 6.92 Å². The minimum Gasteiger partial charge on any atom is -0.382 e. The standard InChI is InChI=1S/C18H39N5O2/c1-8-25-13-9-10-19-18(21-14-17(24)22(6)7)20-11-12-23(15(2)3)16(4)5/h15-16H,8-14H2,1-7H3,(H2,19,20,21). The lowest BCUT2D eigenvalue weighted by Crippen LogP contribution is -2.45. The lowest BCUT2D eigenvalue weighted by atomic mass is 10.2. The van der Waals surface area contributed by atoms with Crippen LogP contribution in [0.15, 0.2) is 4.99 Å². The molecular weight excluding hydrogens is 318 g/mol. The van der Waals surface area contributed by atoms with Crippen LogP contribution in [0, 0.1) is 0 Å². The van der Waals surface area contributed by atoms with E-state index >= 15 is 0 Å². The Morgan fingerprint density at radius 3 is 2.20 bits per heavy atom. The summed E-state index contributed by atoms with van der Waals surface area (Å²) < 4.78 is 5.34. The Labute approximate surface area is 154 Å². The smallest absolute Gasteiger partial charge is 0.243 e. The van der Waals surface area contributed by atoms with Gasteiger partial charge in [-0.3, -0.25) is 9.69 Å². The minimum absolute atomic E-state index is 0.0126. The van der Waals surface area contributed by atoms with Crippen molar-refractivity contribution in [2.45, 2.75) is 53.1 Å². The van der Waals surface area contributed by atoms with Crippen LogP contribution in [0.4, 0.5) is 0 Å². The summed E-state index contributed by atoms with van der Waals surface area (Å²) in [7, 11) is 3.48. The zero-order chi connectivity index (χ0) is 19.2. The van der Waals surface area contributed by atoms with Gasteiger partial charge in [-0.15, -0.1) is 0 Å². The highest BCUT2D eigenvalue weighted by Gasteiger charge is 2.13. The van der Waals surface area contributed by atoms with Gasteiger partial charge in [-0.2, -0.15) is 0 Å². The van der Waals surface area contributed by atoms with Gasteiger partial charge in [-0.1, -0.05) is 0 Å². The van der Waals surface area contributed by atoms with Crippen molar-refractivity contribution in [3.05, 3.63) is 0 Å². The quantitative estimate of drug-likeness (QED) is 0.312. The van der Waals surface area contributed by atoms with Crippen molar-refractivity contribution >= 4 is 11.9 Å². The predicted molar refractivity (Wildman–Crippen MR) is 105 cm³/mol. The molecule has 25 heavy (non-hydrogen) atoms. The molecule has 0 aliphatic carbocycles. The second kappa shape index (κ2) is 13.9. The second-order valence-corrected chi connectivity index (χ2v) is 6.78. The normalized spacial score (nSPS) is 12.2. The van der Waals surface area contributed by atoms with E-state index in [1.165, 1.54) is 0 Å². The number of hydrogen-bond acceptors (Lipinski definition) is 4. The van der Waals surface area contributed by atoms with Crippen molar-refractivity contribution in [1.82, 2.24) is 20.4 Å². The Morgan fingerprint density at radius 1 is 1.08 bits per heavy atom. The number of guanidine groups is 1. The van der Waals surface area contributed by atoms with E-state index in [0.717, 1.165) is 39.3 Å². The Morgan fingerprint density at radius 2 is 1.68 bits per heavy atom. The van der Waals surface area contributed by atoms with Crippen molar-refractivity contribution in [2.24, 2.45) is 4.99 Å². The van der Waals surface area contributed by atoms with E-state index in [0.29, 0.717) is 18.0 Å². The molecule has 0 fully saturated rings. The highest BCUT2D eigenvalue weighted by atomic mass is 16.5. The molecule has 0 aromatic rings. The highest BCUT2D eigenvalue weighted by molar-refractivity contribution is 5.84. The van der Waals surface area contributed by atoms with Crippen molar-refractivity contribution in [3.63, 3.8) is 0 Å². The third-order valence-electron chi connectivity index (χ3n) is 3.82. The lowest BCUT2D eigenvalue weighted by Gasteiger charge is -2.30. The van der Waals surface area contributed by atoms with Gasteiger partial charge in [0.2, 0.25) is 5.91 Å². The Balaban J connectivity index is 4.50. The summed E-state index contributed by atoms with van der Waals surface area (Å²) in [5.74, 6) is 0.667. The molecule has 0 spiro atoms. The van der Waals surface area contributed by atoms with Crippen LogP contribution in [0.25, 0.3) is 0 Å². The molecule has 7 nitrogen and oxygen atoms in total. The summed E-state index contributed by atoms with van der Waals surface area (Å²) >= 11 is 0. The van der Waals surface area contributed by atoms with Crippen molar-refractivity contribution in [2.75, 3.05) is 53.5 Å². The van der Waals surface area contributed by atoms with Crippen LogP contribution in [0.1, 0.15) is 41.0 Å². The van der Waals surface area contributed by atoms with E-state index in [4.69, 9.17) is 4.74 Å². The van der Waals surface area contributed by atoms with E-state index in [2.05, 4.69) is 48.2 Å². The van der Waals surface area contributed by atoms with Crippen molar-refractivity contribution < 1.29 is 9.53 Å². The summed E-state index contributed by atoms with van der Waals surface area (Å²) in [6, 6.07) is 0.994. The number of likely N-dealkylation sites (N-methyl/N-ethyl adjacent to an activating group) is 1. The van der Waals surface area contributed by atoms with Crippen molar-refractivity contribution in [1.29, 1.82) is 0 Å². The summed E-state index contributed by atoms with van der Waals surface area (Å²) in [5, 5.41) is 6.61. The molecule has 0 rings (SSSR count). The zero-order valence-electron chi connectivity index (χ0n) is 17.3. The van der Waals surface area contributed by atoms with Crippen LogP contribution in [0.5, 0.6) is 0 Å². The van der Waals surface area contributed by atoms with Gasteiger partial charge in [0.25, 0.3) is 0 Å². The van der Waals surface area contributed by atoms with Gasteiger partial charge in [-0.25, -0.2) is 4.99 Å². The van der Waals surface area contributed by atoms with Crippen molar-refractivity contribution in [3.8, 4) is 0 Å². The maximum absolute atomic E-state index is 11.8. The number of rotatable bonds is 12. The first-order chi connectivity index (χ1) is 11.8. The van der Waals surface area contributed by atoms with E-state index in [9.17, 15) is 4.79 Å². The molecule has 2 N–H and O–H groups in total. The maximum Gasteiger partial charge on any atom is 0.243 e. The second-order valence-electron chi connectivity index (χ2n) is 6.78. The molecule has 0 atom stereocenters. The minimum atomic E-state index is -0.0126. The third kappa shape index (κ3) is 11.8. The monoisotopic (exact) mass is 357 g/mol. The molecule has 0 aliphatic rings. The van der Waals surface area contributed by atoms with Crippen LogP contribution in [-0.2, 0) is 9.53 Å². The number of aliphatic imine (C=N–C) groups is 1. The van der Waals surface area contributed by atoms with E-state index < -0.39 is 0 Å². The predicted octanol–water partition coefficient (Wildman–Crippen LogP) is 1.16. The van der Waals surface area contributed by atoms with Crippen LogP contribution in [0.3, 0.4) is 0 Å². The summed E-state index contributed by atoms with van der Waals surface area (Å²) in [5.41, 5.74) is 0. The highest BCUT2D eigenvalue weighted by Crippen LogP contribution is 2.03. The summed E-state index contributed by atoms with van der Waals surface area (Å²) in [6.45, 7) is 14.9. The molecule has 0 heterocycles. The van der Waals surface area contributed by atoms with Gasteiger partial charge >= 0.3 is 0 Å². The fourth-order valence-corrected chi connectivity index (χ4v) is 2.40. The van der Waals surface area contributed by atoms with Crippen LogP contribution < -0.4 is 10.6 Å². The summed E-state index contributed by atoms with van der Waals surface area (Å²) in [4.78, 5) is 20.1. The molecule has 0 bridgehead atoms. The van der Waals surface area contributed by atoms with Gasteiger partial charge in [-0.05, 0) is 41.0 Å². The number of amides is 1. The largest absolute Gasteiger partial charge is 0.382 e. The van der Waals surface area contributed by atoms with E-state index in [-0.39, 0.29) is 12.5 Å². The molecule has 0 aromatic heterocycles. The zero-order valence-corrected chi connectivity index (χ0v) is 17.3. The molecule has 0 saturated carbocycles. The maximum atomic E-state index is 11.8. The van der Waals surface area contributed by atoms with E-state index in [1.54, 1.807) is 19.0 Å². The first-order valence-electron chi connectivity index (χ1n) is 9.35. The molecule has 0 unspecified atom stereocenters. The SMILES string of the molecule is CCOCCCNC(=NCC(=O)N(C)C)NCCN(C(C)C)C(C)C. The average Bonchev–Trinajstić information content (AvgIpc) is 2.54. The topological polar surface area (TPSA) is 69.2 Å². The first kappa shape index (κ1) is 23.7. The Kier molecular flexibility index (Phi) is 13.2. The molecule has 0 radical (unpaired) electrons. The Hall–Kier alpha value is -1.34. The number of carbonyl (C=O) groups is 1. The third-order valence-corrected chi connectivity index (χ3v) is 3.82. The molecular formula is C18H39N5O2. The number of carbonyl (C=O) groups excluding carboxylic acids is 1. The first-order valence-corrected chi connectivity index (χ1v) is 9.35. The fourth-order valence-electron chi connectivity index (χ4n) is 2.40. The van der Waals surface area contributed by atoms with Gasteiger partial charge in [0.1, 0.15) is 6.54 Å². The van der Waals surface area contributed by atoms with Crippen LogP contribution in [-0.4, -0.2) is 87.2 Å².